The Morgan fingerprint density at radius 3 is 2.41 bits per heavy atom. The molecule has 12 nitrogen and oxygen atoms in total. The number of fused-ring (bicyclic) bond motifs is 1. The Kier molecular flexibility index (Phi) is 8.79. The number of imidazole rings is 1. The Labute approximate surface area is 237 Å². The summed E-state index contributed by atoms with van der Waals surface area (Å²) in [5.74, 6) is 0.489. The van der Waals surface area contributed by atoms with E-state index in [1.807, 2.05) is 48.2 Å². The van der Waals surface area contributed by atoms with Crippen LogP contribution >= 0.6 is 0 Å². The van der Waals surface area contributed by atoms with E-state index < -0.39 is 23.5 Å². The largest absolute Gasteiger partial charge is 0.494 e. The molecule has 3 heterocycles. The fourth-order valence-corrected chi connectivity index (χ4v) is 5.00. The number of methoxy groups -OCH3 is 1. The summed E-state index contributed by atoms with van der Waals surface area (Å²) in [6.45, 7) is 2.28. The third kappa shape index (κ3) is 6.18. The molecule has 15 heteroatoms. The third-order valence-electron chi connectivity index (χ3n) is 6.77. The molecular weight excluding hydrogens is 558 g/mol. The number of aromatic nitrogens is 5. The lowest BCUT2D eigenvalue weighted by molar-refractivity contribution is 0.122. The maximum atomic E-state index is 14.3. The molecule has 0 radical (unpaired) electrons. The standard InChI is InChI=1S/C26H30F2N8O4S/c1-34(2)19(15-29-41(37)38)16-7-9-17(10-8-16)23-31-25(35-11-13-40-14-12-35)33-26(32-23)36-18-5-4-6-20(39-3)21(18)30-24(36)22(27)28/h4-10,19,22,29H,11-15H2,1-3H3,(H,37,38). The van der Waals surface area contributed by atoms with Crippen LogP contribution in [0.15, 0.2) is 42.5 Å². The lowest BCUT2D eigenvalue weighted by Gasteiger charge is -2.27. The fourth-order valence-electron chi connectivity index (χ4n) is 4.70. The Morgan fingerprint density at radius 2 is 1.78 bits per heavy atom. The number of nitrogens with one attached hydrogen (secondary N) is 1. The minimum absolute atomic E-state index is 0.00687. The molecule has 2 atom stereocenters. The quantitative estimate of drug-likeness (QED) is 0.267. The number of nitrogens with zero attached hydrogens (tertiary/aromatic N) is 7. The average Bonchev–Trinajstić information content (AvgIpc) is 3.38. The van der Waals surface area contributed by atoms with E-state index in [4.69, 9.17) is 19.0 Å². The summed E-state index contributed by atoms with van der Waals surface area (Å²) in [4.78, 5) is 22.0. The third-order valence-corrected chi connectivity index (χ3v) is 7.19. The van der Waals surface area contributed by atoms with E-state index >= 15 is 0 Å². The number of ether oxygens (including phenoxy) is 2. The second kappa shape index (κ2) is 12.5. The van der Waals surface area contributed by atoms with Crippen molar-refractivity contribution in [2.45, 2.75) is 12.5 Å². The number of likely N-dealkylation sites (N-methyl/N-ethyl adjacent to an activating group) is 1. The number of morpholine rings is 1. The van der Waals surface area contributed by atoms with Crippen LogP contribution in [0.2, 0.25) is 0 Å². The molecule has 4 aromatic rings. The lowest BCUT2D eigenvalue weighted by atomic mass is 10.0. The molecule has 0 amide bonds. The van der Waals surface area contributed by atoms with Crippen molar-refractivity contribution in [3.05, 3.63) is 53.9 Å². The van der Waals surface area contributed by atoms with Crippen LogP contribution in [0.4, 0.5) is 14.7 Å². The number of para-hydroxylation sites is 1. The maximum absolute atomic E-state index is 14.3. The SMILES string of the molecule is COc1cccc2c1nc(C(F)F)n2-c1nc(-c2ccc(C(CNS(=O)O)N(C)C)cc2)nc(N2CCOCC2)n1. The summed E-state index contributed by atoms with van der Waals surface area (Å²) in [5, 5.41) is 0. The van der Waals surface area contributed by atoms with Crippen LogP contribution in [0.1, 0.15) is 23.9 Å². The highest BCUT2D eigenvalue weighted by Crippen LogP contribution is 2.33. The Hall–Kier alpha value is -3.63. The predicted molar refractivity (Wildman–Crippen MR) is 150 cm³/mol. The van der Waals surface area contributed by atoms with Crippen molar-refractivity contribution in [2.75, 3.05) is 59.0 Å². The first-order chi connectivity index (χ1) is 19.8. The molecule has 2 aromatic heterocycles. The molecule has 1 fully saturated rings. The molecule has 0 saturated carbocycles. The first-order valence-electron chi connectivity index (χ1n) is 12.8. The number of alkyl halides is 2. The van der Waals surface area contributed by atoms with Gasteiger partial charge in [0.15, 0.2) is 11.6 Å². The normalized spacial score (nSPS) is 15.6. The van der Waals surface area contributed by atoms with E-state index in [0.717, 1.165) is 5.56 Å². The van der Waals surface area contributed by atoms with E-state index in [1.165, 1.54) is 11.7 Å². The van der Waals surface area contributed by atoms with Gasteiger partial charge in [-0.2, -0.15) is 15.0 Å². The van der Waals surface area contributed by atoms with Gasteiger partial charge < -0.3 is 19.3 Å². The molecule has 41 heavy (non-hydrogen) atoms. The molecule has 0 aliphatic carbocycles. The first kappa shape index (κ1) is 28.9. The second-order valence-corrected chi connectivity index (χ2v) is 10.3. The number of rotatable bonds is 10. The van der Waals surface area contributed by atoms with Gasteiger partial charge in [-0.3, -0.25) is 9.12 Å². The van der Waals surface area contributed by atoms with Gasteiger partial charge in [-0.1, -0.05) is 30.3 Å². The monoisotopic (exact) mass is 588 g/mol. The fraction of sp³-hybridized carbons (Fsp3) is 0.385. The van der Waals surface area contributed by atoms with Crippen LogP contribution in [-0.2, 0) is 16.0 Å². The number of anilines is 1. The summed E-state index contributed by atoms with van der Waals surface area (Å²) in [6, 6.07) is 12.2. The van der Waals surface area contributed by atoms with Crippen LogP contribution in [0.5, 0.6) is 5.75 Å². The number of hydrogen-bond donors (Lipinski definition) is 2. The summed E-state index contributed by atoms with van der Waals surface area (Å²) >= 11 is -2.14. The zero-order valence-electron chi connectivity index (χ0n) is 22.7. The summed E-state index contributed by atoms with van der Waals surface area (Å²) in [5.41, 5.74) is 2.19. The molecule has 218 valence electrons. The van der Waals surface area contributed by atoms with Gasteiger partial charge in [0.05, 0.1) is 25.8 Å². The van der Waals surface area contributed by atoms with Gasteiger partial charge in [-0.15, -0.1) is 0 Å². The Bertz CT molecular complexity index is 1530. The zero-order valence-corrected chi connectivity index (χ0v) is 23.5. The molecule has 1 saturated heterocycles. The van der Waals surface area contributed by atoms with Crippen LogP contribution < -0.4 is 14.4 Å². The summed E-state index contributed by atoms with van der Waals surface area (Å²) < 4.78 is 63.5. The second-order valence-electron chi connectivity index (χ2n) is 9.49. The van der Waals surface area contributed by atoms with Crippen molar-refractivity contribution in [1.29, 1.82) is 0 Å². The molecule has 2 unspecified atom stereocenters. The minimum atomic E-state index is -2.90. The topological polar surface area (TPSA) is 131 Å². The van der Waals surface area contributed by atoms with E-state index in [-0.39, 0.29) is 24.1 Å². The van der Waals surface area contributed by atoms with Gasteiger partial charge >= 0.3 is 0 Å². The summed E-state index contributed by atoms with van der Waals surface area (Å²) in [6.07, 6.45) is -2.90. The van der Waals surface area contributed by atoms with E-state index in [2.05, 4.69) is 19.7 Å². The van der Waals surface area contributed by atoms with Crippen molar-refractivity contribution in [3.8, 4) is 23.1 Å². The molecule has 1 aliphatic rings. The van der Waals surface area contributed by atoms with Gasteiger partial charge in [0.1, 0.15) is 11.3 Å². The Morgan fingerprint density at radius 1 is 1.07 bits per heavy atom. The van der Waals surface area contributed by atoms with Gasteiger partial charge in [-0.05, 0) is 31.8 Å². The maximum Gasteiger partial charge on any atom is 0.296 e. The van der Waals surface area contributed by atoms with E-state index in [0.29, 0.717) is 54.9 Å². The highest BCUT2D eigenvalue weighted by atomic mass is 32.2. The number of hydrogen-bond acceptors (Lipinski definition) is 9. The van der Waals surface area contributed by atoms with Gasteiger partial charge in [0.25, 0.3) is 6.43 Å². The number of benzene rings is 2. The van der Waals surface area contributed by atoms with Gasteiger partial charge in [0, 0.05) is 31.2 Å². The highest BCUT2D eigenvalue weighted by molar-refractivity contribution is 7.77. The van der Waals surface area contributed by atoms with E-state index in [9.17, 15) is 13.0 Å². The van der Waals surface area contributed by atoms with Gasteiger partial charge in [-0.25, -0.2) is 22.7 Å². The smallest absolute Gasteiger partial charge is 0.296 e. The molecule has 0 spiro atoms. The summed E-state index contributed by atoms with van der Waals surface area (Å²) in [7, 11) is 5.20. The Balaban J connectivity index is 1.62. The minimum Gasteiger partial charge on any atom is -0.494 e. The molecule has 0 bridgehead atoms. The van der Waals surface area contributed by atoms with E-state index in [1.54, 1.807) is 18.2 Å². The van der Waals surface area contributed by atoms with Crippen molar-refractivity contribution < 1.29 is 27.0 Å². The van der Waals surface area contributed by atoms with Crippen molar-refractivity contribution in [1.82, 2.24) is 34.1 Å². The van der Waals surface area contributed by atoms with Crippen molar-refractivity contribution in [3.63, 3.8) is 0 Å². The highest BCUT2D eigenvalue weighted by Gasteiger charge is 2.26. The average molecular weight is 589 g/mol. The van der Waals surface area contributed by atoms with Gasteiger partial charge in [0.2, 0.25) is 23.2 Å². The van der Waals surface area contributed by atoms with Crippen LogP contribution in [0.3, 0.4) is 0 Å². The predicted octanol–water partition coefficient (Wildman–Crippen LogP) is 2.99. The van der Waals surface area contributed by atoms with Crippen molar-refractivity contribution >= 4 is 28.2 Å². The zero-order chi connectivity index (χ0) is 29.1. The molecule has 1 aliphatic heterocycles. The first-order valence-corrected chi connectivity index (χ1v) is 13.9. The molecule has 2 aromatic carbocycles. The molecule has 5 rings (SSSR count). The van der Waals surface area contributed by atoms with Crippen LogP contribution in [-0.4, -0.2) is 92.2 Å². The molecular formula is C26H30F2N8O4S. The number of halogens is 2. The lowest BCUT2D eigenvalue weighted by Crippen LogP contribution is -2.37. The molecule has 2 N–H and O–H groups in total. The van der Waals surface area contributed by atoms with Crippen LogP contribution in [0, 0.1) is 0 Å². The van der Waals surface area contributed by atoms with Crippen LogP contribution in [0.25, 0.3) is 28.4 Å². The van der Waals surface area contributed by atoms with Crippen molar-refractivity contribution in [2.24, 2.45) is 0 Å².